The van der Waals surface area contributed by atoms with Gasteiger partial charge in [-0.05, 0) is 78.4 Å². The number of hydrogen-bond donors (Lipinski definition) is 2. The highest BCUT2D eigenvalue weighted by atomic mass is 32.2. The molecule has 1 aromatic heterocycles. The predicted octanol–water partition coefficient (Wildman–Crippen LogP) is 4.62. The summed E-state index contributed by atoms with van der Waals surface area (Å²) >= 11 is 1.54. The molecule has 9 heteroatoms. The molecule has 1 aliphatic rings. The number of aliphatic hydroxyl groups excluding tert-OH is 2. The molecule has 2 rings (SSSR count). The van der Waals surface area contributed by atoms with Crippen LogP contribution in [0.1, 0.15) is 84.3 Å². The highest BCUT2D eigenvalue weighted by molar-refractivity contribution is 7.93. The van der Waals surface area contributed by atoms with Crippen LogP contribution in [0, 0.1) is 12.8 Å². The standard InChI is InChI=1S/C26H41NO6S2/c1-16-9-8-10-17(2)25(30)19(4)35(31,32)26(6,7)23(28)14-24(29)33-22(12-11-16)18(3)13-21-15-34-20(5)27-21/h11,13,15,17,19,22-23,25,28,30H,8-10,12,14H2,1-7H3/b16-11+,18-13+/t17-,19+,22-,23-,25-/m0/s1. The van der Waals surface area contributed by atoms with Crippen molar-refractivity contribution in [3.8, 4) is 0 Å². The number of esters is 1. The molecule has 1 aliphatic heterocycles. The van der Waals surface area contributed by atoms with Gasteiger partial charge in [0.1, 0.15) is 6.10 Å². The molecule has 0 spiro atoms. The van der Waals surface area contributed by atoms with Crippen molar-refractivity contribution < 1.29 is 28.2 Å². The zero-order chi connectivity index (χ0) is 26.6. The lowest BCUT2D eigenvalue weighted by Gasteiger charge is -2.35. The van der Waals surface area contributed by atoms with Crippen LogP contribution in [0.2, 0.25) is 0 Å². The Hall–Kier alpha value is -1.55. The van der Waals surface area contributed by atoms with Gasteiger partial charge in [0, 0.05) is 11.8 Å². The van der Waals surface area contributed by atoms with E-state index in [9.17, 15) is 23.4 Å². The van der Waals surface area contributed by atoms with Gasteiger partial charge in [-0.2, -0.15) is 0 Å². The largest absolute Gasteiger partial charge is 0.457 e. The molecule has 0 unspecified atom stereocenters. The minimum atomic E-state index is -3.98. The summed E-state index contributed by atoms with van der Waals surface area (Å²) in [6, 6.07) is 0. The molecule has 2 heterocycles. The van der Waals surface area contributed by atoms with Gasteiger partial charge in [-0.25, -0.2) is 13.4 Å². The monoisotopic (exact) mass is 527 g/mol. The first-order valence-corrected chi connectivity index (χ1v) is 14.6. The SMILES string of the molecule is C/C1=C\C[C@@H](/C(C)=C/c2csc(C)n2)OC(=O)C[C@H](O)C(C)(C)S(=O)(=O)[C@H](C)[C@@H](O)[C@@H](C)CCC1. The smallest absolute Gasteiger partial charge is 0.309 e. The fourth-order valence-corrected chi connectivity index (χ4v) is 6.94. The molecule has 0 aliphatic carbocycles. The molecule has 5 atom stereocenters. The van der Waals surface area contributed by atoms with Crippen LogP contribution in [-0.4, -0.2) is 57.9 Å². The normalized spacial score (nSPS) is 32.9. The Morgan fingerprint density at radius 3 is 2.51 bits per heavy atom. The van der Waals surface area contributed by atoms with Crippen LogP contribution >= 0.6 is 11.3 Å². The Labute approximate surface area is 214 Å². The number of allylic oxidation sites excluding steroid dienone is 1. The molecule has 0 radical (unpaired) electrons. The summed E-state index contributed by atoms with van der Waals surface area (Å²) in [6.45, 7) is 11.9. The molecular weight excluding hydrogens is 486 g/mol. The number of carbonyl (C=O) groups excluding carboxylic acids is 1. The minimum absolute atomic E-state index is 0.224. The Morgan fingerprint density at radius 2 is 1.91 bits per heavy atom. The van der Waals surface area contributed by atoms with Crippen molar-refractivity contribution in [2.45, 2.75) is 109 Å². The number of hydrogen-bond acceptors (Lipinski definition) is 8. The number of rotatable bonds is 2. The zero-order valence-corrected chi connectivity index (χ0v) is 23.6. The van der Waals surface area contributed by atoms with E-state index in [-0.39, 0.29) is 5.92 Å². The summed E-state index contributed by atoms with van der Waals surface area (Å²) in [6.07, 6.45) is 3.12. The van der Waals surface area contributed by atoms with Crippen LogP contribution < -0.4 is 0 Å². The number of cyclic esters (lactones) is 1. The number of carbonyl (C=O) groups is 1. The number of nitrogens with zero attached hydrogens (tertiary/aromatic N) is 1. The Bertz CT molecular complexity index is 1040. The summed E-state index contributed by atoms with van der Waals surface area (Å²) in [5.41, 5.74) is 2.75. The fraction of sp³-hybridized carbons (Fsp3) is 0.692. The molecule has 0 saturated heterocycles. The maximum atomic E-state index is 13.4. The second-order valence-electron chi connectivity index (χ2n) is 10.4. The highest BCUT2D eigenvalue weighted by Gasteiger charge is 2.47. The lowest BCUT2D eigenvalue weighted by Crippen LogP contribution is -2.52. The second kappa shape index (κ2) is 12.1. The van der Waals surface area contributed by atoms with Crippen LogP contribution in [0.3, 0.4) is 0 Å². The first kappa shape index (κ1) is 29.7. The molecular formula is C26H41NO6S2. The van der Waals surface area contributed by atoms with Crippen molar-refractivity contribution in [3.05, 3.63) is 33.3 Å². The lowest BCUT2D eigenvalue weighted by atomic mass is 9.94. The van der Waals surface area contributed by atoms with E-state index >= 15 is 0 Å². The minimum Gasteiger partial charge on any atom is -0.457 e. The van der Waals surface area contributed by atoms with Gasteiger partial charge in [-0.3, -0.25) is 4.79 Å². The van der Waals surface area contributed by atoms with Gasteiger partial charge in [0.2, 0.25) is 0 Å². The third-order valence-corrected chi connectivity index (χ3v) is 10.9. The number of aryl methyl sites for hydroxylation is 1. The van der Waals surface area contributed by atoms with Gasteiger partial charge >= 0.3 is 5.97 Å². The number of aliphatic hydroxyl groups is 2. The molecule has 0 saturated carbocycles. The second-order valence-corrected chi connectivity index (χ2v) is 14.3. The maximum absolute atomic E-state index is 13.4. The van der Waals surface area contributed by atoms with Crippen molar-refractivity contribution >= 4 is 33.2 Å². The van der Waals surface area contributed by atoms with Crippen LogP contribution in [0.5, 0.6) is 0 Å². The number of ether oxygens (including phenoxy) is 1. The van der Waals surface area contributed by atoms with E-state index in [2.05, 4.69) is 11.1 Å². The van der Waals surface area contributed by atoms with Gasteiger partial charge in [0.05, 0.1) is 39.3 Å². The van der Waals surface area contributed by atoms with E-state index in [1.54, 1.807) is 0 Å². The predicted molar refractivity (Wildman–Crippen MR) is 141 cm³/mol. The van der Waals surface area contributed by atoms with E-state index in [1.807, 2.05) is 39.2 Å². The molecule has 2 N–H and O–H groups in total. The number of aromatic nitrogens is 1. The molecule has 7 nitrogen and oxygen atoms in total. The van der Waals surface area contributed by atoms with Crippen molar-refractivity contribution in [3.63, 3.8) is 0 Å². The van der Waals surface area contributed by atoms with Gasteiger partial charge in [-0.15, -0.1) is 11.3 Å². The summed E-state index contributed by atoms with van der Waals surface area (Å²) in [5.74, 6) is -0.898. The molecule has 198 valence electrons. The van der Waals surface area contributed by atoms with Gasteiger partial charge < -0.3 is 14.9 Å². The van der Waals surface area contributed by atoms with Gasteiger partial charge in [-0.1, -0.05) is 18.6 Å². The zero-order valence-electron chi connectivity index (χ0n) is 21.9. The van der Waals surface area contributed by atoms with Gasteiger partial charge in [0.15, 0.2) is 9.84 Å². The first-order chi connectivity index (χ1) is 16.2. The van der Waals surface area contributed by atoms with Crippen LogP contribution in [0.4, 0.5) is 0 Å². The summed E-state index contributed by atoms with van der Waals surface area (Å²) < 4.78 is 30.8. The molecule has 35 heavy (non-hydrogen) atoms. The van der Waals surface area contributed by atoms with Crippen molar-refractivity contribution in [2.24, 2.45) is 5.92 Å². The Morgan fingerprint density at radius 1 is 1.26 bits per heavy atom. The molecule has 1 aromatic rings. The lowest BCUT2D eigenvalue weighted by molar-refractivity contribution is -0.149. The van der Waals surface area contributed by atoms with Crippen LogP contribution in [0.25, 0.3) is 6.08 Å². The maximum Gasteiger partial charge on any atom is 0.309 e. The average Bonchev–Trinajstić information content (AvgIpc) is 3.18. The van der Waals surface area contributed by atoms with E-state index in [1.165, 1.54) is 32.1 Å². The van der Waals surface area contributed by atoms with Crippen LogP contribution in [0.15, 0.2) is 22.6 Å². The van der Waals surface area contributed by atoms with Crippen molar-refractivity contribution in [1.82, 2.24) is 4.98 Å². The van der Waals surface area contributed by atoms with Crippen LogP contribution in [-0.2, 0) is 19.4 Å². The Kier molecular flexibility index (Phi) is 10.3. The summed E-state index contributed by atoms with van der Waals surface area (Å²) in [4.78, 5) is 17.3. The third-order valence-electron chi connectivity index (χ3n) is 7.15. The average molecular weight is 528 g/mol. The van der Waals surface area contributed by atoms with Crippen molar-refractivity contribution in [2.75, 3.05) is 0 Å². The molecule has 0 amide bonds. The van der Waals surface area contributed by atoms with Gasteiger partial charge in [0.25, 0.3) is 0 Å². The quantitative estimate of drug-likeness (QED) is 0.426. The Balaban J connectivity index is 2.39. The molecule has 0 aromatic carbocycles. The van der Waals surface area contributed by atoms with Crippen molar-refractivity contribution in [1.29, 1.82) is 0 Å². The van der Waals surface area contributed by atoms with E-state index in [4.69, 9.17) is 4.74 Å². The van der Waals surface area contributed by atoms with E-state index in [0.717, 1.165) is 34.7 Å². The molecule has 0 bridgehead atoms. The topological polar surface area (TPSA) is 114 Å². The first-order valence-electron chi connectivity index (χ1n) is 12.2. The summed E-state index contributed by atoms with van der Waals surface area (Å²) in [7, 11) is -3.98. The highest BCUT2D eigenvalue weighted by Crippen LogP contribution is 2.32. The van der Waals surface area contributed by atoms with E-state index in [0.29, 0.717) is 12.8 Å². The number of thiazole rings is 1. The third kappa shape index (κ3) is 7.47. The summed E-state index contributed by atoms with van der Waals surface area (Å²) in [5, 5.41) is 23.4. The number of sulfone groups is 1. The molecule has 0 fully saturated rings. The fourth-order valence-electron chi connectivity index (χ4n) is 4.31. The van der Waals surface area contributed by atoms with E-state index < -0.39 is 50.5 Å².